The van der Waals surface area contributed by atoms with Gasteiger partial charge in [0.25, 0.3) is 0 Å². The van der Waals surface area contributed by atoms with Crippen LogP contribution in [-0.4, -0.2) is 5.11 Å². The van der Waals surface area contributed by atoms with Crippen LogP contribution in [0.25, 0.3) is 11.1 Å². The minimum atomic E-state index is -0.913. The van der Waals surface area contributed by atoms with Gasteiger partial charge in [-0.2, -0.15) is 0 Å². The Balaban J connectivity index is 2.55. The number of benzene rings is 2. The van der Waals surface area contributed by atoms with Crippen LogP contribution in [0.2, 0.25) is 0 Å². The molecule has 2 aromatic carbocycles. The monoisotopic (exact) mass is 213 g/mol. The van der Waals surface area contributed by atoms with Crippen molar-refractivity contribution < 1.29 is 5.11 Å². The van der Waals surface area contributed by atoms with Gasteiger partial charge in [-0.05, 0) is 29.2 Å². The topological polar surface area (TPSA) is 46.2 Å². The van der Waals surface area contributed by atoms with E-state index in [-0.39, 0.29) is 0 Å². The van der Waals surface area contributed by atoms with E-state index in [4.69, 9.17) is 5.73 Å². The molecule has 0 bridgehead atoms. The van der Waals surface area contributed by atoms with Crippen LogP contribution in [-0.2, 0) is 0 Å². The van der Waals surface area contributed by atoms with E-state index in [2.05, 4.69) is 12.1 Å². The van der Waals surface area contributed by atoms with Gasteiger partial charge in [0, 0.05) is 0 Å². The summed E-state index contributed by atoms with van der Waals surface area (Å²) in [7, 11) is 0. The molecule has 1 atom stereocenters. The largest absolute Gasteiger partial charge is 0.375 e. The maximum Gasteiger partial charge on any atom is 0.128 e. The fraction of sp³-hybridized carbons (Fsp3) is 0.143. The zero-order chi connectivity index (χ0) is 11.5. The summed E-state index contributed by atoms with van der Waals surface area (Å²) in [5, 5.41) is 9.45. The summed E-state index contributed by atoms with van der Waals surface area (Å²) in [5.74, 6) is 0. The molecule has 3 N–H and O–H groups in total. The van der Waals surface area contributed by atoms with Crippen molar-refractivity contribution in [3.8, 4) is 11.1 Å². The molecule has 0 fully saturated rings. The third-order valence-electron chi connectivity index (χ3n) is 2.78. The van der Waals surface area contributed by atoms with Gasteiger partial charge in [-0.1, -0.05) is 48.5 Å². The molecule has 2 heteroatoms. The summed E-state index contributed by atoms with van der Waals surface area (Å²) in [6.45, 7) is 1.98. The van der Waals surface area contributed by atoms with Crippen molar-refractivity contribution in [2.75, 3.05) is 0 Å². The Morgan fingerprint density at radius 3 is 2.31 bits per heavy atom. The Bertz CT molecular complexity index is 477. The Morgan fingerprint density at radius 1 is 1.00 bits per heavy atom. The molecule has 0 aliphatic carbocycles. The minimum Gasteiger partial charge on any atom is -0.375 e. The minimum absolute atomic E-state index is 0.779. The first-order valence-electron chi connectivity index (χ1n) is 5.28. The number of hydrogen-bond acceptors (Lipinski definition) is 2. The van der Waals surface area contributed by atoms with Crippen molar-refractivity contribution in [3.05, 3.63) is 59.7 Å². The molecule has 82 valence electrons. The third-order valence-corrected chi connectivity index (χ3v) is 2.78. The molecule has 0 radical (unpaired) electrons. The van der Waals surface area contributed by atoms with Gasteiger partial charge in [0.15, 0.2) is 0 Å². The maximum absolute atomic E-state index is 9.45. The summed E-state index contributed by atoms with van der Waals surface area (Å²) < 4.78 is 0. The fourth-order valence-corrected chi connectivity index (χ4v) is 1.90. The molecule has 0 aliphatic rings. The second-order valence-electron chi connectivity index (χ2n) is 3.83. The Morgan fingerprint density at radius 2 is 1.69 bits per heavy atom. The van der Waals surface area contributed by atoms with Crippen LogP contribution in [0.1, 0.15) is 17.4 Å². The molecule has 0 saturated heterocycles. The van der Waals surface area contributed by atoms with Crippen LogP contribution in [0, 0.1) is 6.92 Å². The molecule has 0 aliphatic heterocycles. The number of aliphatic hydroxyl groups is 1. The Hall–Kier alpha value is -1.64. The second kappa shape index (κ2) is 4.47. The highest BCUT2D eigenvalue weighted by Crippen LogP contribution is 2.27. The molecular weight excluding hydrogens is 198 g/mol. The van der Waals surface area contributed by atoms with Crippen LogP contribution in [0.3, 0.4) is 0 Å². The highest BCUT2D eigenvalue weighted by molar-refractivity contribution is 5.68. The molecule has 0 amide bonds. The van der Waals surface area contributed by atoms with Crippen LogP contribution in [0.4, 0.5) is 0 Å². The number of rotatable bonds is 2. The smallest absolute Gasteiger partial charge is 0.128 e. The SMILES string of the molecule is Cc1c(-c2ccccc2)cccc1C(N)O. The summed E-state index contributed by atoms with van der Waals surface area (Å²) in [5.41, 5.74) is 9.58. The highest BCUT2D eigenvalue weighted by Gasteiger charge is 2.09. The summed E-state index contributed by atoms with van der Waals surface area (Å²) in [4.78, 5) is 0. The lowest BCUT2D eigenvalue weighted by Crippen LogP contribution is -2.10. The molecule has 1 unspecified atom stereocenters. The van der Waals surface area contributed by atoms with E-state index in [0.717, 1.165) is 22.3 Å². The van der Waals surface area contributed by atoms with Crippen LogP contribution in [0.15, 0.2) is 48.5 Å². The van der Waals surface area contributed by atoms with Gasteiger partial charge < -0.3 is 10.8 Å². The second-order valence-corrected chi connectivity index (χ2v) is 3.83. The van der Waals surface area contributed by atoms with Gasteiger partial charge in [-0.15, -0.1) is 0 Å². The number of hydrogen-bond donors (Lipinski definition) is 2. The van der Waals surface area contributed by atoms with Gasteiger partial charge in [0.05, 0.1) is 0 Å². The Kier molecular flexibility index (Phi) is 3.04. The fourth-order valence-electron chi connectivity index (χ4n) is 1.90. The standard InChI is InChI=1S/C14H15NO/c1-10-12(11-6-3-2-4-7-11)8-5-9-13(10)14(15)16/h2-9,14,16H,15H2,1H3. The van der Waals surface area contributed by atoms with Gasteiger partial charge in [0.1, 0.15) is 6.23 Å². The zero-order valence-corrected chi connectivity index (χ0v) is 9.22. The molecule has 0 spiro atoms. The molecule has 16 heavy (non-hydrogen) atoms. The van der Waals surface area contributed by atoms with Gasteiger partial charge in [0.2, 0.25) is 0 Å². The number of nitrogens with two attached hydrogens (primary N) is 1. The molecule has 0 aromatic heterocycles. The predicted octanol–water partition coefficient (Wildman–Crippen LogP) is 2.61. The molecule has 2 aromatic rings. The van der Waals surface area contributed by atoms with Gasteiger partial charge in [-0.3, -0.25) is 0 Å². The van der Waals surface area contributed by atoms with Crippen molar-refractivity contribution in [1.29, 1.82) is 0 Å². The molecular formula is C14H15NO. The number of aliphatic hydroxyl groups excluding tert-OH is 1. The lowest BCUT2D eigenvalue weighted by Gasteiger charge is -2.13. The van der Waals surface area contributed by atoms with Crippen molar-refractivity contribution >= 4 is 0 Å². The highest BCUT2D eigenvalue weighted by atomic mass is 16.3. The first-order chi connectivity index (χ1) is 7.70. The van der Waals surface area contributed by atoms with E-state index >= 15 is 0 Å². The normalized spacial score (nSPS) is 12.4. The van der Waals surface area contributed by atoms with E-state index < -0.39 is 6.23 Å². The van der Waals surface area contributed by atoms with E-state index in [9.17, 15) is 5.11 Å². The van der Waals surface area contributed by atoms with Crippen molar-refractivity contribution in [3.63, 3.8) is 0 Å². The van der Waals surface area contributed by atoms with E-state index in [1.807, 2.05) is 43.3 Å². The van der Waals surface area contributed by atoms with Crippen LogP contribution >= 0.6 is 0 Å². The van der Waals surface area contributed by atoms with Gasteiger partial charge in [-0.25, -0.2) is 0 Å². The molecule has 0 heterocycles. The Labute approximate surface area is 95.4 Å². The first-order valence-corrected chi connectivity index (χ1v) is 5.28. The molecule has 0 saturated carbocycles. The van der Waals surface area contributed by atoms with E-state index in [1.54, 1.807) is 0 Å². The molecule has 2 nitrogen and oxygen atoms in total. The maximum atomic E-state index is 9.45. The van der Waals surface area contributed by atoms with E-state index in [0.29, 0.717) is 0 Å². The zero-order valence-electron chi connectivity index (χ0n) is 9.22. The van der Waals surface area contributed by atoms with Crippen molar-refractivity contribution in [2.24, 2.45) is 5.73 Å². The van der Waals surface area contributed by atoms with Crippen LogP contribution in [0.5, 0.6) is 0 Å². The van der Waals surface area contributed by atoms with Crippen molar-refractivity contribution in [2.45, 2.75) is 13.2 Å². The lowest BCUT2D eigenvalue weighted by molar-refractivity contribution is 0.185. The predicted molar refractivity (Wildman–Crippen MR) is 65.8 cm³/mol. The summed E-state index contributed by atoms with van der Waals surface area (Å²) in [6.07, 6.45) is -0.913. The third kappa shape index (κ3) is 1.98. The van der Waals surface area contributed by atoms with E-state index in [1.165, 1.54) is 0 Å². The van der Waals surface area contributed by atoms with Crippen molar-refractivity contribution in [1.82, 2.24) is 0 Å². The average Bonchev–Trinajstić information content (AvgIpc) is 2.30. The summed E-state index contributed by atoms with van der Waals surface area (Å²) in [6, 6.07) is 15.9. The first kappa shape index (κ1) is 10.9. The molecule has 2 rings (SSSR count). The lowest BCUT2D eigenvalue weighted by atomic mass is 9.96. The van der Waals surface area contributed by atoms with Gasteiger partial charge >= 0.3 is 0 Å². The quantitative estimate of drug-likeness (QED) is 0.753. The van der Waals surface area contributed by atoms with Crippen LogP contribution < -0.4 is 5.73 Å². The average molecular weight is 213 g/mol. The summed E-state index contributed by atoms with van der Waals surface area (Å²) >= 11 is 0.